The molecule has 0 unspecified atom stereocenters. The Bertz CT molecular complexity index is 426. The smallest absolute Gasteiger partial charge is 0.123 e. The molecule has 0 bridgehead atoms. The third-order valence-corrected chi connectivity index (χ3v) is 4.77. The van der Waals surface area contributed by atoms with Crippen molar-refractivity contribution in [3.05, 3.63) is 34.6 Å². The molecule has 1 fully saturated rings. The van der Waals surface area contributed by atoms with Crippen molar-refractivity contribution in [2.45, 2.75) is 32.1 Å². The first-order chi connectivity index (χ1) is 9.11. The van der Waals surface area contributed by atoms with Crippen LogP contribution in [0.15, 0.2) is 18.2 Å². The number of benzene rings is 1. The van der Waals surface area contributed by atoms with Gasteiger partial charge in [-0.15, -0.1) is 0 Å². The Labute approximate surface area is 118 Å². The summed E-state index contributed by atoms with van der Waals surface area (Å²) in [6.07, 6.45) is 4.69. The zero-order valence-electron chi connectivity index (χ0n) is 10.9. The third kappa shape index (κ3) is 3.10. The first kappa shape index (κ1) is 14.8. The van der Waals surface area contributed by atoms with Gasteiger partial charge in [-0.2, -0.15) is 0 Å². The minimum atomic E-state index is -0.589. The fourth-order valence-electron chi connectivity index (χ4n) is 3.16. The van der Waals surface area contributed by atoms with E-state index < -0.39 is 5.41 Å². The molecule has 0 aliphatic heterocycles. The molecule has 0 radical (unpaired) electrons. The molecule has 0 spiro atoms. The maximum atomic E-state index is 13.3. The Kier molecular flexibility index (Phi) is 4.82. The summed E-state index contributed by atoms with van der Waals surface area (Å²) < 4.78 is 13.3. The lowest BCUT2D eigenvalue weighted by atomic mass is 9.71. The summed E-state index contributed by atoms with van der Waals surface area (Å²) >= 11 is 6.09. The molecule has 0 heterocycles. The monoisotopic (exact) mass is 286 g/mol. The van der Waals surface area contributed by atoms with Crippen LogP contribution in [0.4, 0.5) is 4.39 Å². The van der Waals surface area contributed by atoms with Crippen molar-refractivity contribution >= 4 is 11.6 Å². The van der Waals surface area contributed by atoms with Crippen molar-refractivity contribution in [3.63, 3.8) is 0 Å². The zero-order valence-corrected chi connectivity index (χ0v) is 11.7. The first-order valence-corrected chi connectivity index (χ1v) is 7.15. The molecule has 2 N–H and O–H groups in total. The molecule has 2 rings (SSSR count). The molecule has 1 aromatic carbocycles. The maximum absolute atomic E-state index is 13.3. The average Bonchev–Trinajstić information content (AvgIpc) is 2.94. The van der Waals surface area contributed by atoms with E-state index in [0.717, 1.165) is 25.7 Å². The lowest BCUT2D eigenvalue weighted by Crippen LogP contribution is -2.39. The largest absolute Gasteiger partial charge is 0.396 e. The Hall–Kier alpha value is -0.640. The van der Waals surface area contributed by atoms with Gasteiger partial charge in [0.15, 0.2) is 0 Å². The normalized spacial score (nSPS) is 17.1. The van der Waals surface area contributed by atoms with Crippen molar-refractivity contribution in [1.29, 1.82) is 0 Å². The number of aliphatic hydroxyl groups excluding tert-OH is 2. The molecule has 2 nitrogen and oxygen atoms in total. The van der Waals surface area contributed by atoms with Gasteiger partial charge in [0.2, 0.25) is 0 Å². The molecule has 1 aliphatic carbocycles. The van der Waals surface area contributed by atoms with Gasteiger partial charge in [-0.25, -0.2) is 4.39 Å². The highest BCUT2D eigenvalue weighted by atomic mass is 35.5. The lowest BCUT2D eigenvalue weighted by Gasteiger charge is -2.36. The fourth-order valence-corrected chi connectivity index (χ4v) is 3.34. The summed E-state index contributed by atoms with van der Waals surface area (Å²) in [7, 11) is 0. The van der Waals surface area contributed by atoms with Gasteiger partial charge < -0.3 is 10.2 Å². The third-order valence-electron chi connectivity index (χ3n) is 4.40. The van der Waals surface area contributed by atoms with E-state index in [1.54, 1.807) is 0 Å². The van der Waals surface area contributed by atoms with Crippen LogP contribution in [0.25, 0.3) is 0 Å². The van der Waals surface area contributed by atoms with Crippen LogP contribution in [0.5, 0.6) is 0 Å². The van der Waals surface area contributed by atoms with Crippen LogP contribution in [0.3, 0.4) is 0 Å². The Morgan fingerprint density at radius 3 is 2.42 bits per heavy atom. The summed E-state index contributed by atoms with van der Waals surface area (Å²) in [6, 6.07) is 4.25. The van der Waals surface area contributed by atoms with Crippen molar-refractivity contribution in [2.75, 3.05) is 13.2 Å². The van der Waals surface area contributed by atoms with Crippen LogP contribution in [0.2, 0.25) is 5.02 Å². The first-order valence-electron chi connectivity index (χ1n) is 6.77. The van der Waals surface area contributed by atoms with E-state index >= 15 is 0 Å². The molecule has 1 saturated carbocycles. The number of halogens is 2. The molecule has 1 aromatic rings. The Morgan fingerprint density at radius 1 is 1.21 bits per heavy atom. The van der Waals surface area contributed by atoms with Gasteiger partial charge in [-0.05, 0) is 48.9 Å². The molecule has 1 aliphatic rings. The van der Waals surface area contributed by atoms with Gasteiger partial charge in [0.1, 0.15) is 5.82 Å². The van der Waals surface area contributed by atoms with E-state index in [0.29, 0.717) is 17.0 Å². The van der Waals surface area contributed by atoms with E-state index in [1.165, 1.54) is 18.2 Å². The molecule has 19 heavy (non-hydrogen) atoms. The second-order valence-corrected chi connectivity index (χ2v) is 5.98. The zero-order chi connectivity index (χ0) is 13.9. The summed E-state index contributed by atoms with van der Waals surface area (Å²) in [5, 5.41) is 20.0. The van der Waals surface area contributed by atoms with Crippen LogP contribution in [0.1, 0.15) is 31.2 Å². The molecule has 0 saturated heterocycles. The predicted molar refractivity (Wildman–Crippen MR) is 73.7 cm³/mol. The van der Waals surface area contributed by atoms with E-state index in [-0.39, 0.29) is 24.9 Å². The summed E-state index contributed by atoms with van der Waals surface area (Å²) in [4.78, 5) is 0. The highest BCUT2D eigenvalue weighted by Gasteiger charge is 2.39. The molecule has 0 amide bonds. The summed E-state index contributed by atoms with van der Waals surface area (Å²) in [5.74, 6) is -0.0579. The fraction of sp³-hybridized carbons (Fsp3) is 0.600. The van der Waals surface area contributed by atoms with Crippen molar-refractivity contribution < 1.29 is 14.6 Å². The molecule has 4 heteroatoms. The minimum absolute atomic E-state index is 0.0962. The van der Waals surface area contributed by atoms with E-state index in [4.69, 9.17) is 11.6 Å². The van der Waals surface area contributed by atoms with Crippen molar-refractivity contribution in [2.24, 2.45) is 11.3 Å². The van der Waals surface area contributed by atoms with Crippen LogP contribution in [0, 0.1) is 17.2 Å². The Balaban J connectivity index is 2.27. The van der Waals surface area contributed by atoms with Crippen molar-refractivity contribution in [3.8, 4) is 0 Å². The van der Waals surface area contributed by atoms with E-state index in [2.05, 4.69) is 0 Å². The number of aliphatic hydroxyl groups is 2. The summed E-state index contributed by atoms with van der Waals surface area (Å²) in [5.41, 5.74) is 0.0742. The van der Waals surface area contributed by atoms with Gasteiger partial charge in [0.25, 0.3) is 0 Å². The van der Waals surface area contributed by atoms with Gasteiger partial charge in [-0.3, -0.25) is 0 Å². The second-order valence-electron chi connectivity index (χ2n) is 5.57. The van der Waals surface area contributed by atoms with Gasteiger partial charge in [0.05, 0.1) is 13.2 Å². The molecule has 0 aromatic heterocycles. The topological polar surface area (TPSA) is 40.5 Å². The number of rotatable bonds is 5. The van der Waals surface area contributed by atoms with Gasteiger partial charge >= 0.3 is 0 Å². The SMILES string of the molecule is OCC(CO)(Cc1cc(F)ccc1Cl)C1CCCC1. The van der Waals surface area contributed by atoms with Crippen molar-refractivity contribution in [1.82, 2.24) is 0 Å². The minimum Gasteiger partial charge on any atom is -0.396 e. The highest BCUT2D eigenvalue weighted by molar-refractivity contribution is 6.31. The van der Waals surface area contributed by atoms with Crippen LogP contribution >= 0.6 is 11.6 Å². The molecule has 106 valence electrons. The Morgan fingerprint density at radius 2 is 1.84 bits per heavy atom. The number of hydrogen-bond donors (Lipinski definition) is 2. The molecule has 0 atom stereocenters. The standard InChI is InChI=1S/C15H20ClFO2/c16-14-6-5-13(17)7-11(14)8-15(9-18,10-19)12-3-1-2-4-12/h5-7,12,18-19H,1-4,8-10H2. The highest BCUT2D eigenvalue weighted by Crippen LogP contribution is 2.42. The lowest BCUT2D eigenvalue weighted by molar-refractivity contribution is 0.00567. The second kappa shape index (κ2) is 6.21. The van der Waals surface area contributed by atoms with E-state index in [1.807, 2.05) is 0 Å². The molecular formula is C15H20ClFO2. The summed E-state index contributed by atoms with van der Waals surface area (Å²) in [6.45, 7) is -0.192. The van der Waals surface area contributed by atoms with Crippen LogP contribution in [-0.2, 0) is 6.42 Å². The van der Waals surface area contributed by atoms with Crippen LogP contribution in [-0.4, -0.2) is 23.4 Å². The van der Waals surface area contributed by atoms with Gasteiger partial charge in [0, 0.05) is 10.4 Å². The van der Waals surface area contributed by atoms with Crippen LogP contribution < -0.4 is 0 Å². The quantitative estimate of drug-likeness (QED) is 0.873. The average molecular weight is 287 g/mol. The van der Waals surface area contributed by atoms with Gasteiger partial charge in [-0.1, -0.05) is 24.4 Å². The number of hydrogen-bond acceptors (Lipinski definition) is 2. The molecular weight excluding hydrogens is 267 g/mol. The maximum Gasteiger partial charge on any atom is 0.123 e. The van der Waals surface area contributed by atoms with E-state index in [9.17, 15) is 14.6 Å². The predicted octanol–water partition coefficient (Wildman–Crippen LogP) is 3.18.